The second kappa shape index (κ2) is 8.04. The minimum Gasteiger partial charge on any atom is -0.476 e. The number of aromatic nitrogens is 2. The van der Waals surface area contributed by atoms with Gasteiger partial charge in [-0.25, -0.2) is 4.79 Å². The second-order valence-corrected chi connectivity index (χ2v) is 5.69. The molecule has 2 aromatic rings. The molecule has 1 aromatic carbocycles. The second-order valence-electron chi connectivity index (χ2n) is 5.69. The van der Waals surface area contributed by atoms with Crippen LogP contribution in [0.2, 0.25) is 0 Å². The van der Waals surface area contributed by atoms with Gasteiger partial charge in [0.2, 0.25) is 0 Å². The fourth-order valence-corrected chi connectivity index (χ4v) is 2.43. The van der Waals surface area contributed by atoms with Gasteiger partial charge in [0.05, 0.1) is 0 Å². The maximum atomic E-state index is 12.1. The van der Waals surface area contributed by atoms with Crippen molar-refractivity contribution in [3.05, 3.63) is 56.2 Å². The van der Waals surface area contributed by atoms with E-state index in [0.29, 0.717) is 12.2 Å². The Balaban J connectivity index is 2.28. The van der Waals surface area contributed by atoms with Gasteiger partial charge in [0.1, 0.15) is 23.7 Å². The van der Waals surface area contributed by atoms with Crippen LogP contribution in [0.15, 0.2) is 33.9 Å². The average Bonchev–Trinajstić information content (AvgIpc) is 2.66. The summed E-state index contributed by atoms with van der Waals surface area (Å²) < 4.78 is 7.70. The molecule has 0 aliphatic carbocycles. The number of benzene rings is 1. The summed E-state index contributed by atoms with van der Waals surface area (Å²) in [5.74, 6) is 0.714. The molecule has 1 heterocycles. The summed E-state index contributed by atoms with van der Waals surface area (Å²) in [6.07, 6.45) is 0.0429. The highest BCUT2D eigenvalue weighted by atomic mass is 16.5. The van der Waals surface area contributed by atoms with E-state index >= 15 is 0 Å². The van der Waals surface area contributed by atoms with Crippen molar-refractivity contribution >= 4 is 5.82 Å². The molecule has 1 aromatic heterocycles. The zero-order valence-corrected chi connectivity index (χ0v) is 14.8. The summed E-state index contributed by atoms with van der Waals surface area (Å²) in [7, 11) is 2.82. The van der Waals surface area contributed by atoms with Crippen molar-refractivity contribution in [1.82, 2.24) is 9.13 Å². The fraction of sp³-hybridized carbons (Fsp3) is 0.333. The third-order valence-electron chi connectivity index (χ3n) is 3.93. The fourth-order valence-electron chi connectivity index (χ4n) is 2.43. The Hall–Kier alpha value is -3.52. The molecule has 2 rings (SSSR count). The van der Waals surface area contributed by atoms with Crippen LogP contribution in [0.3, 0.4) is 0 Å². The molecule has 134 valence electrons. The minimum absolute atomic E-state index is 0.127. The van der Waals surface area contributed by atoms with Crippen molar-refractivity contribution in [3.8, 4) is 17.9 Å². The van der Waals surface area contributed by atoms with Crippen LogP contribution in [0.25, 0.3) is 0 Å². The summed E-state index contributed by atoms with van der Waals surface area (Å²) in [4.78, 5) is 24.1. The molecule has 0 bridgehead atoms. The van der Waals surface area contributed by atoms with E-state index < -0.39 is 17.4 Å². The quantitative estimate of drug-likeness (QED) is 0.836. The highest BCUT2D eigenvalue weighted by Crippen LogP contribution is 2.17. The summed E-state index contributed by atoms with van der Waals surface area (Å²) in [6.45, 7) is 2.13. The van der Waals surface area contributed by atoms with Crippen molar-refractivity contribution in [1.29, 1.82) is 10.5 Å². The zero-order chi connectivity index (χ0) is 19.3. The Morgan fingerprint density at radius 1 is 1.23 bits per heavy atom. The van der Waals surface area contributed by atoms with E-state index in [1.165, 1.54) is 18.7 Å². The largest absolute Gasteiger partial charge is 0.476 e. The Morgan fingerprint density at radius 3 is 2.58 bits per heavy atom. The van der Waals surface area contributed by atoms with Gasteiger partial charge in [-0.2, -0.15) is 10.5 Å². The molecule has 0 saturated heterocycles. The van der Waals surface area contributed by atoms with E-state index in [1.54, 1.807) is 18.2 Å². The average molecular weight is 353 g/mol. The first-order valence-electron chi connectivity index (χ1n) is 8.02. The molecule has 1 atom stereocenters. The van der Waals surface area contributed by atoms with Gasteiger partial charge in [-0.3, -0.25) is 13.9 Å². The van der Waals surface area contributed by atoms with Crippen LogP contribution in [0.4, 0.5) is 5.82 Å². The third-order valence-corrected chi connectivity index (χ3v) is 3.93. The summed E-state index contributed by atoms with van der Waals surface area (Å²) >= 11 is 0. The predicted molar refractivity (Wildman–Crippen MR) is 95.7 cm³/mol. The molecule has 0 amide bonds. The molecule has 26 heavy (non-hydrogen) atoms. The van der Waals surface area contributed by atoms with E-state index in [-0.39, 0.29) is 17.9 Å². The van der Waals surface area contributed by atoms with Gasteiger partial charge in [-0.15, -0.1) is 0 Å². The standard InChI is InChI=1S/C18H19N5O3/c1-4-13(9-19)26-14-7-5-6-12(8-14)11-21-16-15(10-20)17(24)23(3)18(25)22(16)2/h5-8,13,21H,4,11H2,1-3H3. The molecule has 1 unspecified atom stereocenters. The van der Waals surface area contributed by atoms with Crippen LogP contribution in [0.5, 0.6) is 5.75 Å². The number of rotatable bonds is 6. The van der Waals surface area contributed by atoms with Crippen molar-refractivity contribution in [2.75, 3.05) is 5.32 Å². The monoisotopic (exact) mass is 353 g/mol. The van der Waals surface area contributed by atoms with Crippen LogP contribution < -0.4 is 21.3 Å². The Morgan fingerprint density at radius 2 is 1.96 bits per heavy atom. The Labute approximate surface area is 150 Å². The predicted octanol–water partition coefficient (Wildman–Crippen LogP) is 1.25. The number of anilines is 1. The van der Waals surface area contributed by atoms with Crippen molar-refractivity contribution in [2.45, 2.75) is 26.0 Å². The molecule has 0 aliphatic rings. The maximum Gasteiger partial charge on any atom is 0.332 e. The normalized spacial score (nSPS) is 11.3. The van der Waals surface area contributed by atoms with E-state index in [9.17, 15) is 14.9 Å². The SMILES string of the molecule is CCC(C#N)Oc1cccc(CNc2c(C#N)c(=O)n(C)c(=O)n2C)c1. The first-order chi connectivity index (χ1) is 12.4. The molecular weight excluding hydrogens is 334 g/mol. The molecule has 0 spiro atoms. The van der Waals surface area contributed by atoms with E-state index in [4.69, 9.17) is 10.00 Å². The zero-order valence-electron chi connectivity index (χ0n) is 14.8. The first-order valence-corrected chi connectivity index (χ1v) is 8.02. The summed E-state index contributed by atoms with van der Waals surface area (Å²) in [5, 5.41) is 21.2. The van der Waals surface area contributed by atoms with Gasteiger partial charge in [-0.05, 0) is 24.1 Å². The van der Waals surface area contributed by atoms with Gasteiger partial charge in [0.15, 0.2) is 11.7 Å². The lowest BCUT2D eigenvalue weighted by atomic mass is 10.2. The number of hydrogen-bond donors (Lipinski definition) is 1. The molecule has 0 radical (unpaired) electrons. The van der Waals surface area contributed by atoms with Crippen LogP contribution in [0, 0.1) is 22.7 Å². The van der Waals surface area contributed by atoms with E-state index in [1.807, 2.05) is 19.1 Å². The van der Waals surface area contributed by atoms with E-state index in [2.05, 4.69) is 11.4 Å². The lowest BCUT2D eigenvalue weighted by Gasteiger charge is -2.15. The lowest BCUT2D eigenvalue weighted by molar-refractivity contribution is 0.251. The molecular formula is C18H19N5O3. The van der Waals surface area contributed by atoms with Gasteiger partial charge in [-0.1, -0.05) is 19.1 Å². The van der Waals surface area contributed by atoms with Gasteiger partial charge < -0.3 is 10.1 Å². The van der Waals surface area contributed by atoms with Crippen LogP contribution in [0.1, 0.15) is 24.5 Å². The Bertz CT molecular complexity index is 1010. The molecule has 1 N–H and O–H groups in total. The van der Waals surface area contributed by atoms with Crippen molar-refractivity contribution in [2.24, 2.45) is 14.1 Å². The van der Waals surface area contributed by atoms with Crippen LogP contribution in [-0.2, 0) is 20.6 Å². The van der Waals surface area contributed by atoms with Crippen molar-refractivity contribution in [3.63, 3.8) is 0 Å². The van der Waals surface area contributed by atoms with Gasteiger partial charge in [0.25, 0.3) is 5.56 Å². The van der Waals surface area contributed by atoms with Crippen LogP contribution >= 0.6 is 0 Å². The highest BCUT2D eigenvalue weighted by Gasteiger charge is 2.15. The Kier molecular flexibility index (Phi) is 5.82. The van der Waals surface area contributed by atoms with Gasteiger partial charge >= 0.3 is 5.69 Å². The van der Waals surface area contributed by atoms with Crippen LogP contribution in [-0.4, -0.2) is 15.2 Å². The van der Waals surface area contributed by atoms with Crippen molar-refractivity contribution < 1.29 is 4.74 Å². The number of nitrogens with one attached hydrogen (secondary N) is 1. The number of hydrogen-bond acceptors (Lipinski definition) is 6. The summed E-state index contributed by atoms with van der Waals surface area (Å²) in [6, 6.07) is 11.0. The topological polar surface area (TPSA) is 113 Å². The first kappa shape index (κ1) is 18.8. The molecule has 0 fully saturated rings. The van der Waals surface area contributed by atoms with E-state index in [0.717, 1.165) is 10.1 Å². The lowest BCUT2D eigenvalue weighted by Crippen LogP contribution is -2.39. The molecule has 8 heteroatoms. The molecule has 0 aliphatic heterocycles. The molecule has 0 saturated carbocycles. The third kappa shape index (κ3) is 3.76. The van der Waals surface area contributed by atoms with Gasteiger partial charge in [0, 0.05) is 20.6 Å². The smallest absolute Gasteiger partial charge is 0.332 e. The summed E-state index contributed by atoms with van der Waals surface area (Å²) in [5.41, 5.74) is -0.478. The highest BCUT2D eigenvalue weighted by molar-refractivity contribution is 5.51. The number of ether oxygens (including phenoxy) is 1. The molecule has 8 nitrogen and oxygen atoms in total. The maximum absolute atomic E-state index is 12.1. The number of nitriles is 2. The number of nitrogens with zero attached hydrogens (tertiary/aromatic N) is 4. The minimum atomic E-state index is -0.644.